The number of amides is 1. The lowest BCUT2D eigenvalue weighted by atomic mass is 10.0. The fourth-order valence-electron chi connectivity index (χ4n) is 2.78. The molecule has 0 spiro atoms. The Morgan fingerprint density at radius 3 is 2.62 bits per heavy atom. The number of nitrogens with one attached hydrogen (secondary N) is 2. The lowest BCUT2D eigenvalue weighted by Crippen LogP contribution is -2.14. The number of anilines is 1. The van der Waals surface area contributed by atoms with Gasteiger partial charge in [0.1, 0.15) is 5.82 Å². The molecule has 6 heteroatoms. The van der Waals surface area contributed by atoms with Gasteiger partial charge in [-0.25, -0.2) is 4.39 Å². The molecule has 0 radical (unpaired) electrons. The van der Waals surface area contributed by atoms with Crippen LogP contribution in [0.25, 0.3) is 22.0 Å². The van der Waals surface area contributed by atoms with Gasteiger partial charge in [-0.15, -0.1) is 0 Å². The SMILES string of the molecule is O=C(Nc1n[nH]c2cc(-c3cccc(Cl)c3)ccc12)c1ccccc1F. The van der Waals surface area contributed by atoms with Gasteiger partial charge in [0.05, 0.1) is 11.1 Å². The summed E-state index contributed by atoms with van der Waals surface area (Å²) in [6.45, 7) is 0. The van der Waals surface area contributed by atoms with E-state index < -0.39 is 11.7 Å². The Hall–Kier alpha value is -3.18. The van der Waals surface area contributed by atoms with Crippen LogP contribution in [-0.4, -0.2) is 16.1 Å². The molecule has 1 amide bonds. The summed E-state index contributed by atoms with van der Waals surface area (Å²) in [5.74, 6) is -0.769. The highest BCUT2D eigenvalue weighted by molar-refractivity contribution is 6.30. The van der Waals surface area contributed by atoms with Gasteiger partial charge in [0, 0.05) is 10.4 Å². The summed E-state index contributed by atoms with van der Waals surface area (Å²) in [5.41, 5.74) is 2.67. The Balaban J connectivity index is 1.66. The second-order valence-corrected chi connectivity index (χ2v) is 6.21. The van der Waals surface area contributed by atoms with Crippen LogP contribution in [0.5, 0.6) is 0 Å². The third kappa shape index (κ3) is 3.05. The standard InChI is InChI=1S/C20H13ClFN3O/c21-14-5-3-4-12(10-14)13-8-9-16-18(11-13)24-25-19(16)23-20(26)15-6-1-2-7-17(15)22/h1-11H,(H2,23,24,25,26). The van der Waals surface area contributed by atoms with Gasteiger partial charge in [-0.05, 0) is 47.5 Å². The van der Waals surface area contributed by atoms with E-state index in [2.05, 4.69) is 15.5 Å². The molecule has 0 fully saturated rings. The summed E-state index contributed by atoms with van der Waals surface area (Å²) < 4.78 is 13.8. The number of fused-ring (bicyclic) bond motifs is 1. The van der Waals surface area contributed by atoms with Crippen molar-refractivity contribution in [1.29, 1.82) is 0 Å². The molecule has 3 aromatic carbocycles. The Kier molecular flexibility index (Phi) is 4.14. The number of rotatable bonds is 3. The maximum atomic E-state index is 13.8. The lowest BCUT2D eigenvalue weighted by molar-refractivity contribution is 0.102. The topological polar surface area (TPSA) is 57.8 Å². The number of halogens is 2. The van der Waals surface area contributed by atoms with E-state index in [-0.39, 0.29) is 5.56 Å². The van der Waals surface area contributed by atoms with Gasteiger partial charge in [0.15, 0.2) is 5.82 Å². The van der Waals surface area contributed by atoms with E-state index in [1.54, 1.807) is 6.07 Å². The third-order valence-corrected chi connectivity index (χ3v) is 4.31. The zero-order valence-electron chi connectivity index (χ0n) is 13.5. The molecular formula is C20H13ClFN3O. The fourth-order valence-corrected chi connectivity index (χ4v) is 2.97. The zero-order chi connectivity index (χ0) is 18.1. The molecule has 4 rings (SSSR count). The Morgan fingerprint density at radius 1 is 1.00 bits per heavy atom. The number of hydrogen-bond donors (Lipinski definition) is 2. The summed E-state index contributed by atoms with van der Waals surface area (Å²) >= 11 is 6.05. The zero-order valence-corrected chi connectivity index (χ0v) is 14.2. The van der Waals surface area contributed by atoms with Crippen LogP contribution in [0.4, 0.5) is 10.2 Å². The molecule has 0 unspecified atom stereocenters. The van der Waals surface area contributed by atoms with Crippen molar-refractivity contribution in [2.24, 2.45) is 0 Å². The van der Waals surface area contributed by atoms with Crippen molar-refractivity contribution in [2.45, 2.75) is 0 Å². The maximum absolute atomic E-state index is 13.8. The molecule has 2 N–H and O–H groups in total. The highest BCUT2D eigenvalue weighted by Crippen LogP contribution is 2.28. The number of aromatic amines is 1. The smallest absolute Gasteiger partial charge is 0.259 e. The molecule has 1 heterocycles. The molecule has 0 aliphatic heterocycles. The van der Waals surface area contributed by atoms with Gasteiger partial charge in [0.25, 0.3) is 5.91 Å². The summed E-state index contributed by atoms with van der Waals surface area (Å²) in [5, 5.41) is 11.1. The summed E-state index contributed by atoms with van der Waals surface area (Å²) in [4.78, 5) is 12.3. The second kappa shape index (κ2) is 6.61. The minimum atomic E-state index is -0.576. The van der Waals surface area contributed by atoms with Crippen molar-refractivity contribution in [3.8, 4) is 11.1 Å². The molecule has 0 aliphatic carbocycles. The quantitative estimate of drug-likeness (QED) is 0.519. The predicted molar refractivity (Wildman–Crippen MR) is 101 cm³/mol. The third-order valence-electron chi connectivity index (χ3n) is 4.07. The molecule has 0 bridgehead atoms. The van der Waals surface area contributed by atoms with Crippen molar-refractivity contribution in [2.75, 3.05) is 5.32 Å². The van der Waals surface area contributed by atoms with Gasteiger partial charge in [0.2, 0.25) is 0 Å². The van der Waals surface area contributed by atoms with E-state index in [1.807, 2.05) is 42.5 Å². The van der Waals surface area contributed by atoms with Crippen LogP contribution in [0.3, 0.4) is 0 Å². The van der Waals surface area contributed by atoms with Gasteiger partial charge in [-0.1, -0.05) is 41.9 Å². The number of H-pyrrole nitrogens is 1. The molecule has 0 saturated carbocycles. The Labute approximate surface area is 153 Å². The molecule has 0 saturated heterocycles. The second-order valence-electron chi connectivity index (χ2n) is 5.78. The number of hydrogen-bond acceptors (Lipinski definition) is 2. The predicted octanol–water partition coefficient (Wildman–Crippen LogP) is 5.27. The first-order valence-corrected chi connectivity index (χ1v) is 8.29. The van der Waals surface area contributed by atoms with Crippen molar-refractivity contribution in [3.63, 3.8) is 0 Å². The van der Waals surface area contributed by atoms with E-state index in [1.165, 1.54) is 18.2 Å². The molecule has 26 heavy (non-hydrogen) atoms. The molecular weight excluding hydrogens is 353 g/mol. The van der Waals surface area contributed by atoms with Crippen LogP contribution in [-0.2, 0) is 0 Å². The molecule has 0 atom stereocenters. The van der Waals surface area contributed by atoms with E-state index in [0.29, 0.717) is 10.8 Å². The molecule has 4 aromatic rings. The first-order valence-electron chi connectivity index (χ1n) is 7.92. The summed E-state index contributed by atoms with van der Waals surface area (Å²) in [7, 11) is 0. The Bertz CT molecular complexity index is 1120. The number of nitrogens with zero attached hydrogens (tertiary/aromatic N) is 1. The number of carbonyl (C=O) groups excluding carboxylic acids is 1. The minimum absolute atomic E-state index is 0.0285. The number of carbonyl (C=O) groups is 1. The van der Waals surface area contributed by atoms with E-state index >= 15 is 0 Å². The highest BCUT2D eigenvalue weighted by Gasteiger charge is 2.14. The molecule has 1 aromatic heterocycles. The van der Waals surface area contributed by atoms with E-state index in [0.717, 1.165) is 22.0 Å². The van der Waals surface area contributed by atoms with Crippen molar-refractivity contribution < 1.29 is 9.18 Å². The fraction of sp³-hybridized carbons (Fsp3) is 0. The molecule has 128 valence electrons. The Morgan fingerprint density at radius 2 is 1.81 bits per heavy atom. The summed E-state index contributed by atoms with van der Waals surface area (Å²) in [6.07, 6.45) is 0. The first-order chi connectivity index (χ1) is 12.6. The van der Waals surface area contributed by atoms with Crippen LogP contribution < -0.4 is 5.32 Å². The van der Waals surface area contributed by atoms with E-state index in [4.69, 9.17) is 11.6 Å². The summed E-state index contributed by atoms with van der Waals surface area (Å²) in [6, 6.07) is 19.0. The molecule has 0 aliphatic rings. The normalized spacial score (nSPS) is 10.8. The van der Waals surface area contributed by atoms with Gasteiger partial charge < -0.3 is 5.32 Å². The number of aromatic nitrogens is 2. The monoisotopic (exact) mass is 365 g/mol. The van der Waals surface area contributed by atoms with Crippen LogP contribution in [0, 0.1) is 5.82 Å². The van der Waals surface area contributed by atoms with Gasteiger partial charge in [-0.3, -0.25) is 9.89 Å². The maximum Gasteiger partial charge on any atom is 0.259 e. The van der Waals surface area contributed by atoms with Crippen LogP contribution in [0.1, 0.15) is 10.4 Å². The first kappa shape index (κ1) is 16.3. The van der Waals surface area contributed by atoms with Crippen molar-refractivity contribution in [3.05, 3.63) is 83.1 Å². The van der Waals surface area contributed by atoms with Crippen LogP contribution in [0.15, 0.2) is 66.7 Å². The van der Waals surface area contributed by atoms with E-state index in [9.17, 15) is 9.18 Å². The lowest BCUT2D eigenvalue weighted by Gasteiger charge is -2.05. The average Bonchev–Trinajstić information content (AvgIpc) is 3.04. The molecule has 4 nitrogen and oxygen atoms in total. The largest absolute Gasteiger partial charge is 0.304 e. The average molecular weight is 366 g/mol. The van der Waals surface area contributed by atoms with Crippen molar-refractivity contribution >= 4 is 34.2 Å². The van der Waals surface area contributed by atoms with Crippen LogP contribution >= 0.6 is 11.6 Å². The number of benzene rings is 3. The van der Waals surface area contributed by atoms with Crippen molar-refractivity contribution in [1.82, 2.24) is 10.2 Å². The van der Waals surface area contributed by atoms with Crippen LogP contribution in [0.2, 0.25) is 5.02 Å². The highest BCUT2D eigenvalue weighted by atomic mass is 35.5. The van der Waals surface area contributed by atoms with Gasteiger partial charge >= 0.3 is 0 Å². The minimum Gasteiger partial charge on any atom is -0.304 e. The van der Waals surface area contributed by atoms with Gasteiger partial charge in [-0.2, -0.15) is 5.10 Å².